The highest BCUT2D eigenvalue weighted by molar-refractivity contribution is 5.69. The van der Waals surface area contributed by atoms with E-state index in [-0.39, 0.29) is 12.1 Å². The molecule has 4 heteroatoms. The molecule has 0 unspecified atom stereocenters. The van der Waals surface area contributed by atoms with Gasteiger partial charge in [-0.3, -0.25) is 4.79 Å². The van der Waals surface area contributed by atoms with Gasteiger partial charge in [0.05, 0.1) is 12.5 Å². The molecule has 0 aromatic heterocycles. The Kier molecular flexibility index (Phi) is 6.70. The van der Waals surface area contributed by atoms with Crippen molar-refractivity contribution in [2.24, 2.45) is 5.73 Å². The molecule has 12 heavy (non-hydrogen) atoms. The number of nitrogens with one attached hydrogen (secondary N) is 1. The van der Waals surface area contributed by atoms with E-state index in [1.807, 2.05) is 13.8 Å². The van der Waals surface area contributed by atoms with E-state index in [9.17, 15) is 4.79 Å². The second-order valence-corrected chi connectivity index (χ2v) is 2.83. The van der Waals surface area contributed by atoms with Crippen molar-refractivity contribution < 1.29 is 9.53 Å². The minimum Gasteiger partial charge on any atom is -0.463 e. The van der Waals surface area contributed by atoms with Gasteiger partial charge in [0.1, 0.15) is 0 Å². The van der Waals surface area contributed by atoms with Crippen molar-refractivity contribution in [3.8, 4) is 0 Å². The van der Waals surface area contributed by atoms with Crippen molar-refractivity contribution in [3.05, 3.63) is 0 Å². The molecular weight excluding hydrogens is 156 g/mol. The van der Waals surface area contributed by atoms with E-state index >= 15 is 0 Å². The normalized spacial score (nSPS) is 10.3. The number of carbonyl (C=O) groups excluding carboxylic acids is 1. The number of nitrogens with two attached hydrogens (primary N) is 1. The molecule has 0 heterocycles. The standard InChI is InChI=1S/C8H18N2O2/c1-7(2)12-8(11)3-5-10-6-4-9/h7,10H,3-6,9H2,1-2H3. The summed E-state index contributed by atoms with van der Waals surface area (Å²) in [5.41, 5.74) is 5.25. The van der Waals surface area contributed by atoms with E-state index < -0.39 is 0 Å². The minimum absolute atomic E-state index is 0.0213. The van der Waals surface area contributed by atoms with Crippen LogP contribution in [0.25, 0.3) is 0 Å². The van der Waals surface area contributed by atoms with E-state index in [4.69, 9.17) is 10.5 Å². The number of ether oxygens (including phenoxy) is 1. The Morgan fingerprint density at radius 1 is 1.50 bits per heavy atom. The third kappa shape index (κ3) is 7.50. The van der Waals surface area contributed by atoms with Gasteiger partial charge in [-0.1, -0.05) is 0 Å². The fourth-order valence-electron chi connectivity index (χ4n) is 0.739. The van der Waals surface area contributed by atoms with Crippen LogP contribution < -0.4 is 11.1 Å². The topological polar surface area (TPSA) is 64.3 Å². The Hall–Kier alpha value is -0.610. The zero-order chi connectivity index (χ0) is 9.40. The highest BCUT2D eigenvalue weighted by Gasteiger charge is 2.03. The Balaban J connectivity index is 3.20. The van der Waals surface area contributed by atoms with Crippen LogP contribution in [0.3, 0.4) is 0 Å². The lowest BCUT2D eigenvalue weighted by Gasteiger charge is -2.07. The lowest BCUT2D eigenvalue weighted by molar-refractivity contribution is -0.147. The molecule has 0 bridgehead atoms. The summed E-state index contributed by atoms with van der Waals surface area (Å²) in [5, 5.41) is 3.01. The van der Waals surface area contributed by atoms with Crippen LogP contribution in [0.2, 0.25) is 0 Å². The zero-order valence-electron chi connectivity index (χ0n) is 7.80. The fourth-order valence-corrected chi connectivity index (χ4v) is 0.739. The summed E-state index contributed by atoms with van der Waals surface area (Å²) < 4.78 is 4.92. The Bertz CT molecular complexity index is 126. The van der Waals surface area contributed by atoms with Crippen LogP contribution in [0, 0.1) is 0 Å². The van der Waals surface area contributed by atoms with Crippen molar-refractivity contribution in [3.63, 3.8) is 0 Å². The van der Waals surface area contributed by atoms with Gasteiger partial charge in [0.2, 0.25) is 0 Å². The van der Waals surface area contributed by atoms with E-state index in [1.54, 1.807) is 0 Å². The molecule has 0 rings (SSSR count). The van der Waals surface area contributed by atoms with Gasteiger partial charge in [0.15, 0.2) is 0 Å². The second-order valence-electron chi connectivity index (χ2n) is 2.83. The van der Waals surface area contributed by atoms with Crippen LogP contribution in [0.1, 0.15) is 20.3 Å². The van der Waals surface area contributed by atoms with Crippen LogP contribution >= 0.6 is 0 Å². The fraction of sp³-hybridized carbons (Fsp3) is 0.875. The molecule has 0 aliphatic carbocycles. The quantitative estimate of drug-likeness (QED) is 0.435. The number of rotatable bonds is 6. The lowest BCUT2D eigenvalue weighted by atomic mass is 10.4. The lowest BCUT2D eigenvalue weighted by Crippen LogP contribution is -2.25. The van der Waals surface area contributed by atoms with E-state index in [1.165, 1.54) is 0 Å². The third-order valence-corrected chi connectivity index (χ3v) is 1.19. The average Bonchev–Trinajstić information content (AvgIpc) is 1.97. The van der Waals surface area contributed by atoms with Gasteiger partial charge in [-0.05, 0) is 13.8 Å². The predicted octanol–water partition coefficient (Wildman–Crippen LogP) is -0.124. The van der Waals surface area contributed by atoms with Crippen LogP contribution in [0.5, 0.6) is 0 Å². The van der Waals surface area contributed by atoms with Gasteiger partial charge >= 0.3 is 5.97 Å². The Labute approximate surface area is 73.5 Å². The smallest absolute Gasteiger partial charge is 0.307 e. The summed E-state index contributed by atoms with van der Waals surface area (Å²) in [6.45, 7) is 5.66. The van der Waals surface area contributed by atoms with Crippen molar-refractivity contribution in [2.45, 2.75) is 26.4 Å². The first-order valence-corrected chi connectivity index (χ1v) is 4.27. The molecule has 72 valence electrons. The van der Waals surface area contributed by atoms with Gasteiger partial charge in [0.25, 0.3) is 0 Å². The molecule has 0 saturated carbocycles. The number of hydrogen-bond acceptors (Lipinski definition) is 4. The highest BCUT2D eigenvalue weighted by atomic mass is 16.5. The van der Waals surface area contributed by atoms with Crippen molar-refractivity contribution in [2.75, 3.05) is 19.6 Å². The van der Waals surface area contributed by atoms with Crippen LogP contribution in [-0.4, -0.2) is 31.7 Å². The van der Waals surface area contributed by atoms with Crippen molar-refractivity contribution in [1.29, 1.82) is 0 Å². The van der Waals surface area contributed by atoms with E-state index in [2.05, 4.69) is 5.32 Å². The summed E-state index contributed by atoms with van der Waals surface area (Å²) in [4.78, 5) is 10.9. The van der Waals surface area contributed by atoms with E-state index in [0.717, 1.165) is 6.54 Å². The molecule has 0 spiro atoms. The number of esters is 1. The average molecular weight is 174 g/mol. The third-order valence-electron chi connectivity index (χ3n) is 1.19. The van der Waals surface area contributed by atoms with Crippen molar-refractivity contribution in [1.82, 2.24) is 5.32 Å². The maximum absolute atomic E-state index is 10.9. The summed E-state index contributed by atoms with van der Waals surface area (Å²) in [7, 11) is 0. The summed E-state index contributed by atoms with van der Waals surface area (Å²) in [6, 6.07) is 0. The molecule has 0 fully saturated rings. The van der Waals surface area contributed by atoms with Gasteiger partial charge in [-0.2, -0.15) is 0 Å². The second kappa shape index (κ2) is 7.06. The van der Waals surface area contributed by atoms with Gasteiger partial charge in [-0.25, -0.2) is 0 Å². The maximum Gasteiger partial charge on any atom is 0.307 e. The molecule has 3 N–H and O–H groups in total. The Morgan fingerprint density at radius 2 is 2.17 bits per heavy atom. The molecule has 0 aromatic rings. The molecule has 0 amide bonds. The molecule has 4 nitrogen and oxygen atoms in total. The van der Waals surface area contributed by atoms with Crippen LogP contribution in [-0.2, 0) is 9.53 Å². The SMILES string of the molecule is CC(C)OC(=O)CCNCCN. The highest BCUT2D eigenvalue weighted by Crippen LogP contribution is 1.91. The summed E-state index contributed by atoms with van der Waals surface area (Å²) >= 11 is 0. The minimum atomic E-state index is -0.158. The summed E-state index contributed by atoms with van der Waals surface area (Å²) in [6.07, 6.45) is 0.394. The molecular formula is C8H18N2O2. The first-order chi connectivity index (χ1) is 5.66. The molecule has 0 atom stereocenters. The van der Waals surface area contributed by atoms with Gasteiger partial charge in [0, 0.05) is 19.6 Å². The maximum atomic E-state index is 10.9. The number of carbonyl (C=O) groups is 1. The molecule has 0 saturated heterocycles. The number of hydrogen-bond donors (Lipinski definition) is 2. The monoisotopic (exact) mass is 174 g/mol. The van der Waals surface area contributed by atoms with Crippen molar-refractivity contribution >= 4 is 5.97 Å². The molecule has 0 radical (unpaired) electrons. The van der Waals surface area contributed by atoms with Crippen LogP contribution in [0.4, 0.5) is 0 Å². The molecule has 0 aromatic carbocycles. The van der Waals surface area contributed by atoms with E-state index in [0.29, 0.717) is 19.5 Å². The first-order valence-electron chi connectivity index (χ1n) is 4.27. The Morgan fingerprint density at radius 3 is 2.67 bits per heavy atom. The van der Waals surface area contributed by atoms with Crippen LogP contribution in [0.15, 0.2) is 0 Å². The summed E-state index contributed by atoms with van der Waals surface area (Å²) in [5.74, 6) is -0.158. The van der Waals surface area contributed by atoms with Gasteiger partial charge < -0.3 is 15.8 Å². The first kappa shape index (κ1) is 11.4. The molecule has 0 aliphatic rings. The molecule has 0 aliphatic heterocycles. The largest absolute Gasteiger partial charge is 0.463 e. The zero-order valence-corrected chi connectivity index (χ0v) is 7.80. The van der Waals surface area contributed by atoms with Gasteiger partial charge in [-0.15, -0.1) is 0 Å². The predicted molar refractivity (Wildman–Crippen MR) is 47.8 cm³/mol.